The zero-order valence-corrected chi connectivity index (χ0v) is 13.0. The monoisotopic (exact) mass is 311 g/mol. The van der Waals surface area contributed by atoms with E-state index >= 15 is 0 Å². The highest BCUT2D eigenvalue weighted by Gasteiger charge is 2.27. The zero-order chi connectivity index (χ0) is 15.3. The molecule has 116 valence electrons. The van der Waals surface area contributed by atoms with Crippen molar-refractivity contribution >= 4 is 21.4 Å². The minimum atomic E-state index is -2.82. The minimum Gasteiger partial charge on any atom is -0.375 e. The lowest BCUT2D eigenvalue weighted by Crippen LogP contribution is -2.18. The van der Waals surface area contributed by atoms with Gasteiger partial charge in [0.15, 0.2) is 9.84 Å². The number of hydrogen-bond donors (Lipinski definition) is 1. The molecule has 1 aliphatic rings. The van der Waals surface area contributed by atoms with E-state index in [1.807, 2.05) is 24.3 Å². The van der Waals surface area contributed by atoms with Gasteiger partial charge in [0.05, 0.1) is 11.5 Å². The molecule has 0 aromatic heterocycles. The van der Waals surface area contributed by atoms with Gasteiger partial charge in [-0.25, -0.2) is 8.42 Å². The molecule has 1 aromatic carbocycles. The average Bonchev–Trinajstić information content (AvgIpc) is 2.77. The standard InChI is InChI=1S/C15H21NO4S/c1-20-10-15(17)16-14-5-3-2-4-13(14)7-6-12-8-9-21(18,19)11-12/h2-5,12H,6-11H2,1H3,(H,16,17)/t12-/m1/s1. The Bertz CT molecular complexity index is 597. The van der Waals surface area contributed by atoms with Gasteiger partial charge >= 0.3 is 0 Å². The Morgan fingerprint density at radius 3 is 2.81 bits per heavy atom. The molecule has 5 nitrogen and oxygen atoms in total. The molecule has 1 atom stereocenters. The van der Waals surface area contributed by atoms with Crippen molar-refractivity contribution in [1.29, 1.82) is 0 Å². The SMILES string of the molecule is COCC(=O)Nc1ccccc1CC[C@@H]1CCS(=O)(=O)C1. The molecule has 1 saturated heterocycles. The van der Waals surface area contributed by atoms with Crippen molar-refractivity contribution in [1.82, 2.24) is 0 Å². The van der Waals surface area contributed by atoms with Crippen LogP contribution in [0.1, 0.15) is 18.4 Å². The van der Waals surface area contributed by atoms with E-state index in [1.54, 1.807) is 0 Å². The first-order valence-corrected chi connectivity index (χ1v) is 8.89. The number of amides is 1. The van der Waals surface area contributed by atoms with Crippen molar-refractivity contribution in [2.24, 2.45) is 5.92 Å². The third-order valence-electron chi connectivity index (χ3n) is 3.72. The Morgan fingerprint density at radius 1 is 1.38 bits per heavy atom. The molecular weight excluding hydrogens is 290 g/mol. The third kappa shape index (κ3) is 4.82. The molecule has 1 aromatic rings. The van der Waals surface area contributed by atoms with Crippen LogP contribution in [0.5, 0.6) is 0 Å². The summed E-state index contributed by atoms with van der Waals surface area (Å²) in [5.41, 5.74) is 1.81. The number of aryl methyl sites for hydroxylation is 1. The van der Waals surface area contributed by atoms with Gasteiger partial charge in [-0.05, 0) is 36.8 Å². The third-order valence-corrected chi connectivity index (χ3v) is 5.55. The van der Waals surface area contributed by atoms with Crippen LogP contribution in [0.3, 0.4) is 0 Å². The highest BCUT2D eigenvalue weighted by atomic mass is 32.2. The number of carbonyl (C=O) groups is 1. The first kappa shape index (κ1) is 16.0. The summed E-state index contributed by atoms with van der Waals surface area (Å²) < 4.78 is 27.7. The van der Waals surface area contributed by atoms with Gasteiger partial charge in [-0.2, -0.15) is 0 Å². The second kappa shape index (κ2) is 7.04. The van der Waals surface area contributed by atoms with Crippen LogP contribution in [0.2, 0.25) is 0 Å². The molecular formula is C15H21NO4S. The summed E-state index contributed by atoms with van der Waals surface area (Å²) >= 11 is 0. The molecule has 0 spiro atoms. The van der Waals surface area contributed by atoms with Crippen molar-refractivity contribution in [3.63, 3.8) is 0 Å². The van der Waals surface area contributed by atoms with Crippen LogP contribution in [0.15, 0.2) is 24.3 Å². The maximum absolute atomic E-state index is 11.6. The molecule has 0 bridgehead atoms. The number of carbonyl (C=O) groups excluding carboxylic acids is 1. The van der Waals surface area contributed by atoms with Gasteiger partial charge in [0, 0.05) is 12.8 Å². The van der Waals surface area contributed by atoms with Gasteiger partial charge in [-0.3, -0.25) is 4.79 Å². The molecule has 1 amide bonds. The van der Waals surface area contributed by atoms with E-state index in [4.69, 9.17) is 4.74 Å². The summed E-state index contributed by atoms with van der Waals surface area (Å²) in [5, 5.41) is 2.82. The van der Waals surface area contributed by atoms with E-state index in [9.17, 15) is 13.2 Å². The van der Waals surface area contributed by atoms with Gasteiger partial charge in [-0.1, -0.05) is 18.2 Å². The molecule has 1 heterocycles. The van der Waals surface area contributed by atoms with Crippen LogP contribution in [-0.2, 0) is 25.8 Å². The van der Waals surface area contributed by atoms with Crippen molar-refractivity contribution in [3.8, 4) is 0 Å². The van der Waals surface area contributed by atoms with E-state index in [1.165, 1.54) is 7.11 Å². The van der Waals surface area contributed by atoms with Crippen molar-refractivity contribution in [3.05, 3.63) is 29.8 Å². The van der Waals surface area contributed by atoms with Gasteiger partial charge in [0.25, 0.3) is 0 Å². The number of sulfone groups is 1. The Kier molecular flexibility index (Phi) is 5.36. The van der Waals surface area contributed by atoms with Gasteiger partial charge in [-0.15, -0.1) is 0 Å². The van der Waals surface area contributed by atoms with Crippen LogP contribution in [-0.4, -0.2) is 39.5 Å². The minimum absolute atomic E-state index is 0.0230. The summed E-state index contributed by atoms with van der Waals surface area (Å²) in [6.07, 6.45) is 2.35. The Hall–Kier alpha value is -1.40. The highest BCUT2D eigenvalue weighted by molar-refractivity contribution is 7.91. The summed E-state index contributed by atoms with van der Waals surface area (Å²) in [4.78, 5) is 11.6. The number of benzene rings is 1. The number of para-hydroxylation sites is 1. The molecule has 1 fully saturated rings. The summed E-state index contributed by atoms with van der Waals surface area (Å²) in [5.74, 6) is 0.654. The summed E-state index contributed by atoms with van der Waals surface area (Å²) in [6, 6.07) is 7.61. The molecule has 0 unspecified atom stereocenters. The molecule has 21 heavy (non-hydrogen) atoms. The van der Waals surface area contributed by atoms with Crippen LogP contribution in [0.25, 0.3) is 0 Å². The maximum Gasteiger partial charge on any atom is 0.250 e. The molecule has 0 saturated carbocycles. The van der Waals surface area contributed by atoms with E-state index in [0.29, 0.717) is 11.5 Å². The van der Waals surface area contributed by atoms with E-state index in [0.717, 1.165) is 30.5 Å². The van der Waals surface area contributed by atoms with Gasteiger partial charge < -0.3 is 10.1 Å². The van der Waals surface area contributed by atoms with E-state index in [-0.39, 0.29) is 18.4 Å². The summed E-state index contributed by atoms with van der Waals surface area (Å²) in [6.45, 7) is 0.0230. The molecule has 0 radical (unpaired) electrons. The maximum atomic E-state index is 11.6. The number of ether oxygens (including phenoxy) is 1. The highest BCUT2D eigenvalue weighted by Crippen LogP contribution is 2.25. The molecule has 2 rings (SSSR count). The Labute approximate surface area is 125 Å². The second-order valence-corrected chi connectivity index (χ2v) is 7.67. The predicted octanol–water partition coefficient (Wildman–Crippen LogP) is 1.64. The number of nitrogens with one attached hydrogen (secondary N) is 1. The quantitative estimate of drug-likeness (QED) is 0.867. The lowest BCUT2D eigenvalue weighted by Gasteiger charge is -2.12. The van der Waals surface area contributed by atoms with Crippen molar-refractivity contribution < 1.29 is 17.9 Å². The lowest BCUT2D eigenvalue weighted by atomic mass is 9.98. The Balaban J connectivity index is 1.95. The normalized spacial score (nSPS) is 20.3. The van der Waals surface area contributed by atoms with E-state index < -0.39 is 9.84 Å². The molecule has 1 N–H and O–H groups in total. The second-order valence-electron chi connectivity index (χ2n) is 5.45. The van der Waals surface area contributed by atoms with Gasteiger partial charge in [0.1, 0.15) is 6.61 Å². The smallest absolute Gasteiger partial charge is 0.250 e. The molecule has 0 aliphatic carbocycles. The fourth-order valence-corrected chi connectivity index (χ4v) is 4.55. The van der Waals surface area contributed by atoms with Crippen LogP contribution < -0.4 is 5.32 Å². The number of methoxy groups -OCH3 is 1. The molecule has 1 aliphatic heterocycles. The average molecular weight is 311 g/mol. The zero-order valence-electron chi connectivity index (χ0n) is 12.2. The first-order chi connectivity index (χ1) is 10.00. The number of rotatable bonds is 6. The van der Waals surface area contributed by atoms with E-state index in [2.05, 4.69) is 5.32 Å². The topological polar surface area (TPSA) is 72.5 Å². The summed E-state index contributed by atoms with van der Waals surface area (Å²) in [7, 11) is -1.34. The van der Waals surface area contributed by atoms with Crippen LogP contribution >= 0.6 is 0 Å². The Morgan fingerprint density at radius 2 is 2.14 bits per heavy atom. The van der Waals surface area contributed by atoms with Crippen molar-refractivity contribution in [2.75, 3.05) is 30.5 Å². The van der Waals surface area contributed by atoms with Crippen LogP contribution in [0.4, 0.5) is 5.69 Å². The fraction of sp³-hybridized carbons (Fsp3) is 0.533. The fourth-order valence-electron chi connectivity index (χ4n) is 2.64. The number of anilines is 1. The largest absolute Gasteiger partial charge is 0.375 e. The van der Waals surface area contributed by atoms with Crippen LogP contribution in [0, 0.1) is 5.92 Å². The molecule has 6 heteroatoms. The van der Waals surface area contributed by atoms with Gasteiger partial charge in [0.2, 0.25) is 5.91 Å². The first-order valence-electron chi connectivity index (χ1n) is 7.07. The number of hydrogen-bond acceptors (Lipinski definition) is 4. The lowest BCUT2D eigenvalue weighted by molar-refractivity contribution is -0.119. The predicted molar refractivity (Wildman–Crippen MR) is 82.0 cm³/mol. The van der Waals surface area contributed by atoms with Crippen molar-refractivity contribution in [2.45, 2.75) is 19.3 Å².